The van der Waals surface area contributed by atoms with Gasteiger partial charge in [-0.05, 0) is 23.8 Å². The second-order valence-electron chi connectivity index (χ2n) is 7.07. The van der Waals surface area contributed by atoms with Crippen molar-refractivity contribution < 1.29 is 23.1 Å². The van der Waals surface area contributed by atoms with Crippen LogP contribution in [0.2, 0.25) is 0 Å². The number of morpholine rings is 1. The summed E-state index contributed by atoms with van der Waals surface area (Å²) in [5.74, 6) is -2.68. The SMILES string of the molecule is O=C(NCc1ccc(-c2[nH]ncc2C(=O)N2CCOCC2)cc1)c1ccc(F)c(F)c1. The first-order chi connectivity index (χ1) is 15.0. The molecule has 0 radical (unpaired) electrons. The molecule has 1 aromatic heterocycles. The summed E-state index contributed by atoms with van der Waals surface area (Å²) >= 11 is 0. The van der Waals surface area contributed by atoms with Crippen LogP contribution in [0.4, 0.5) is 8.78 Å². The zero-order valence-electron chi connectivity index (χ0n) is 16.5. The van der Waals surface area contributed by atoms with E-state index in [9.17, 15) is 18.4 Å². The lowest BCUT2D eigenvalue weighted by Crippen LogP contribution is -2.40. The molecule has 4 rings (SSSR count). The van der Waals surface area contributed by atoms with Crippen molar-refractivity contribution in [1.82, 2.24) is 20.4 Å². The van der Waals surface area contributed by atoms with E-state index in [1.54, 1.807) is 4.90 Å². The minimum Gasteiger partial charge on any atom is -0.378 e. The molecule has 0 aliphatic carbocycles. The number of rotatable bonds is 5. The predicted molar refractivity (Wildman–Crippen MR) is 108 cm³/mol. The lowest BCUT2D eigenvalue weighted by atomic mass is 10.0. The molecule has 0 spiro atoms. The van der Waals surface area contributed by atoms with Crippen molar-refractivity contribution in [2.75, 3.05) is 26.3 Å². The molecule has 0 bridgehead atoms. The molecule has 7 nitrogen and oxygen atoms in total. The van der Waals surface area contributed by atoms with Crippen molar-refractivity contribution in [3.05, 3.63) is 77.0 Å². The number of ether oxygens (including phenoxy) is 1. The highest BCUT2D eigenvalue weighted by Gasteiger charge is 2.23. The lowest BCUT2D eigenvalue weighted by molar-refractivity contribution is 0.0303. The maximum atomic E-state index is 13.3. The number of benzene rings is 2. The van der Waals surface area contributed by atoms with Crippen molar-refractivity contribution in [2.45, 2.75) is 6.54 Å². The predicted octanol–water partition coefficient (Wildman–Crippen LogP) is 2.76. The molecule has 0 unspecified atom stereocenters. The Bertz CT molecular complexity index is 1090. The van der Waals surface area contributed by atoms with Gasteiger partial charge in [-0.1, -0.05) is 24.3 Å². The monoisotopic (exact) mass is 426 g/mol. The van der Waals surface area contributed by atoms with E-state index in [2.05, 4.69) is 15.5 Å². The summed E-state index contributed by atoms with van der Waals surface area (Å²) in [5, 5.41) is 9.57. The van der Waals surface area contributed by atoms with E-state index >= 15 is 0 Å². The number of carbonyl (C=O) groups is 2. The largest absolute Gasteiger partial charge is 0.378 e. The molecule has 31 heavy (non-hydrogen) atoms. The number of hydrogen-bond acceptors (Lipinski definition) is 4. The Hall–Kier alpha value is -3.59. The van der Waals surface area contributed by atoms with Crippen LogP contribution in [0.3, 0.4) is 0 Å². The summed E-state index contributed by atoms with van der Waals surface area (Å²) in [7, 11) is 0. The number of aromatic nitrogens is 2. The number of aromatic amines is 1. The van der Waals surface area contributed by atoms with Crippen LogP contribution in [0.15, 0.2) is 48.7 Å². The zero-order valence-corrected chi connectivity index (χ0v) is 16.5. The Kier molecular flexibility index (Phi) is 6.03. The molecule has 2 N–H and O–H groups in total. The molecule has 160 valence electrons. The molecule has 0 atom stereocenters. The van der Waals surface area contributed by atoms with Crippen LogP contribution >= 0.6 is 0 Å². The molecule has 1 aliphatic rings. The van der Waals surface area contributed by atoms with E-state index in [-0.39, 0.29) is 18.0 Å². The number of amides is 2. The second-order valence-corrected chi connectivity index (χ2v) is 7.07. The molecule has 1 aliphatic heterocycles. The van der Waals surface area contributed by atoms with Crippen molar-refractivity contribution in [1.29, 1.82) is 0 Å². The van der Waals surface area contributed by atoms with Crippen LogP contribution < -0.4 is 5.32 Å². The average Bonchev–Trinajstić information content (AvgIpc) is 3.29. The Morgan fingerprint density at radius 2 is 1.81 bits per heavy atom. The fraction of sp³-hybridized carbons (Fsp3) is 0.227. The minimum absolute atomic E-state index is 0.0410. The highest BCUT2D eigenvalue weighted by Crippen LogP contribution is 2.23. The highest BCUT2D eigenvalue weighted by molar-refractivity contribution is 5.99. The molecule has 1 fully saturated rings. The molecule has 2 heterocycles. The van der Waals surface area contributed by atoms with Crippen molar-refractivity contribution >= 4 is 11.8 Å². The first-order valence-electron chi connectivity index (χ1n) is 9.76. The van der Waals surface area contributed by atoms with E-state index in [0.717, 1.165) is 23.3 Å². The third-order valence-corrected chi connectivity index (χ3v) is 5.05. The van der Waals surface area contributed by atoms with Gasteiger partial charge < -0.3 is 15.0 Å². The molecular formula is C22H20F2N4O3. The van der Waals surface area contributed by atoms with E-state index in [4.69, 9.17) is 4.74 Å². The van der Waals surface area contributed by atoms with Gasteiger partial charge in [-0.15, -0.1) is 0 Å². The Balaban J connectivity index is 1.42. The number of carbonyl (C=O) groups excluding carboxylic acids is 2. The number of H-pyrrole nitrogens is 1. The third-order valence-electron chi connectivity index (χ3n) is 5.05. The maximum absolute atomic E-state index is 13.3. The maximum Gasteiger partial charge on any atom is 0.257 e. The Labute approximate surface area is 177 Å². The smallest absolute Gasteiger partial charge is 0.257 e. The summed E-state index contributed by atoms with van der Waals surface area (Å²) < 4.78 is 31.6. The van der Waals surface area contributed by atoms with Gasteiger partial charge in [0.05, 0.1) is 30.7 Å². The molecule has 2 aromatic carbocycles. The lowest BCUT2D eigenvalue weighted by Gasteiger charge is -2.26. The molecule has 0 saturated carbocycles. The van der Waals surface area contributed by atoms with Crippen LogP contribution in [0, 0.1) is 11.6 Å². The summed E-state index contributed by atoms with van der Waals surface area (Å²) in [6.07, 6.45) is 1.52. The molecule has 3 aromatic rings. The first-order valence-corrected chi connectivity index (χ1v) is 9.76. The topological polar surface area (TPSA) is 87.3 Å². The van der Waals surface area contributed by atoms with Crippen molar-refractivity contribution in [2.24, 2.45) is 0 Å². The number of hydrogen-bond donors (Lipinski definition) is 2. The molecule has 1 saturated heterocycles. The van der Waals surface area contributed by atoms with Crippen molar-refractivity contribution in [3.8, 4) is 11.3 Å². The quantitative estimate of drug-likeness (QED) is 0.657. The summed E-state index contributed by atoms with van der Waals surface area (Å²) in [6.45, 7) is 2.33. The van der Waals surface area contributed by atoms with Gasteiger partial charge >= 0.3 is 0 Å². The fourth-order valence-corrected chi connectivity index (χ4v) is 3.32. The standard InChI is InChI=1S/C22H20F2N4O3/c23-18-6-5-16(11-19(18)24)21(29)25-12-14-1-3-15(4-2-14)20-17(13-26-27-20)22(30)28-7-9-31-10-8-28/h1-6,11,13H,7-10,12H2,(H,25,29)(H,26,27). The fourth-order valence-electron chi connectivity index (χ4n) is 3.32. The second kappa shape index (κ2) is 9.05. The van der Waals surface area contributed by atoms with Gasteiger partial charge in [-0.2, -0.15) is 5.10 Å². The third kappa shape index (κ3) is 4.61. The van der Waals surface area contributed by atoms with Gasteiger partial charge in [0.1, 0.15) is 0 Å². The van der Waals surface area contributed by atoms with E-state index in [1.807, 2.05) is 24.3 Å². The molecule has 9 heteroatoms. The van der Waals surface area contributed by atoms with Crippen LogP contribution in [0.1, 0.15) is 26.3 Å². The zero-order chi connectivity index (χ0) is 21.8. The van der Waals surface area contributed by atoms with Gasteiger partial charge in [0.25, 0.3) is 11.8 Å². The normalized spacial score (nSPS) is 13.8. The summed E-state index contributed by atoms with van der Waals surface area (Å²) in [6, 6.07) is 10.3. The highest BCUT2D eigenvalue weighted by atomic mass is 19.2. The van der Waals surface area contributed by atoms with E-state index < -0.39 is 17.5 Å². The molecular weight excluding hydrogens is 406 g/mol. The van der Waals surface area contributed by atoms with Gasteiger partial charge in [-0.3, -0.25) is 14.7 Å². The number of halogens is 2. The first kappa shape index (κ1) is 20.7. The van der Waals surface area contributed by atoms with E-state index in [1.165, 1.54) is 12.3 Å². The van der Waals surface area contributed by atoms with Crippen molar-refractivity contribution in [3.63, 3.8) is 0 Å². The average molecular weight is 426 g/mol. The molecule has 2 amide bonds. The van der Waals surface area contributed by atoms with Gasteiger partial charge in [-0.25, -0.2) is 8.78 Å². The van der Waals surface area contributed by atoms with Crippen LogP contribution in [0.5, 0.6) is 0 Å². The number of nitrogens with one attached hydrogen (secondary N) is 2. The Morgan fingerprint density at radius 1 is 1.06 bits per heavy atom. The van der Waals surface area contributed by atoms with Gasteiger partial charge in [0, 0.05) is 30.8 Å². The Morgan fingerprint density at radius 3 is 2.52 bits per heavy atom. The van der Waals surface area contributed by atoms with E-state index in [0.29, 0.717) is 37.6 Å². The van der Waals surface area contributed by atoms with Crippen LogP contribution in [0.25, 0.3) is 11.3 Å². The van der Waals surface area contributed by atoms with Crippen LogP contribution in [-0.2, 0) is 11.3 Å². The summed E-state index contributed by atoms with van der Waals surface area (Å²) in [5.41, 5.74) is 2.74. The number of nitrogens with zero attached hydrogens (tertiary/aromatic N) is 2. The minimum atomic E-state index is -1.07. The van der Waals surface area contributed by atoms with Crippen LogP contribution in [-0.4, -0.2) is 53.2 Å². The van der Waals surface area contributed by atoms with Gasteiger partial charge in [0.15, 0.2) is 11.6 Å². The van der Waals surface area contributed by atoms with Gasteiger partial charge in [0.2, 0.25) is 0 Å². The summed E-state index contributed by atoms with van der Waals surface area (Å²) in [4.78, 5) is 26.7.